The SMILES string of the molecule is Cc1n[nH]c(=O)c(C(=O)N[C@H]2C[C@@H](Oc3ccccc3)C2(C)C)c1C. The monoisotopic (exact) mass is 341 g/mol. The van der Waals surface area contributed by atoms with Crippen molar-refractivity contribution in [3.63, 3.8) is 0 Å². The van der Waals surface area contributed by atoms with Crippen LogP contribution in [-0.4, -0.2) is 28.3 Å². The van der Waals surface area contributed by atoms with Gasteiger partial charge in [-0.25, -0.2) is 5.10 Å². The van der Waals surface area contributed by atoms with Gasteiger partial charge >= 0.3 is 0 Å². The fraction of sp³-hybridized carbons (Fsp3) is 0.421. The fourth-order valence-electron chi connectivity index (χ4n) is 3.12. The molecule has 132 valence electrons. The molecule has 1 aliphatic rings. The third-order valence-electron chi connectivity index (χ3n) is 5.20. The number of nitrogens with one attached hydrogen (secondary N) is 2. The largest absolute Gasteiger partial charge is 0.490 e. The highest BCUT2D eigenvalue weighted by Gasteiger charge is 2.50. The number of amides is 1. The van der Waals surface area contributed by atoms with Crippen molar-refractivity contribution in [1.29, 1.82) is 0 Å². The van der Waals surface area contributed by atoms with Crippen molar-refractivity contribution in [1.82, 2.24) is 15.5 Å². The Morgan fingerprint density at radius 3 is 2.60 bits per heavy atom. The highest BCUT2D eigenvalue weighted by atomic mass is 16.5. The molecule has 1 amide bonds. The summed E-state index contributed by atoms with van der Waals surface area (Å²) in [6.45, 7) is 7.62. The quantitative estimate of drug-likeness (QED) is 0.894. The second-order valence-corrected chi connectivity index (χ2v) is 7.14. The zero-order valence-corrected chi connectivity index (χ0v) is 14.9. The molecule has 1 aliphatic carbocycles. The molecule has 0 saturated heterocycles. The van der Waals surface area contributed by atoms with Crippen LogP contribution < -0.4 is 15.6 Å². The number of nitrogens with zero attached hydrogens (tertiary/aromatic N) is 1. The first-order valence-electron chi connectivity index (χ1n) is 8.39. The first-order chi connectivity index (χ1) is 11.8. The molecule has 3 rings (SSSR count). The summed E-state index contributed by atoms with van der Waals surface area (Å²) in [6.07, 6.45) is 0.716. The number of aryl methyl sites for hydroxylation is 1. The topological polar surface area (TPSA) is 84.1 Å². The summed E-state index contributed by atoms with van der Waals surface area (Å²) in [5.41, 5.74) is 0.692. The second-order valence-electron chi connectivity index (χ2n) is 7.14. The number of rotatable bonds is 4. The van der Waals surface area contributed by atoms with Crippen LogP contribution in [0, 0.1) is 19.3 Å². The second kappa shape index (κ2) is 6.35. The van der Waals surface area contributed by atoms with Gasteiger partial charge in [0.15, 0.2) is 0 Å². The molecule has 1 aromatic heterocycles. The minimum atomic E-state index is -0.463. The number of hydrogen-bond donors (Lipinski definition) is 2. The van der Waals surface area contributed by atoms with Gasteiger partial charge in [-0.1, -0.05) is 32.0 Å². The molecular weight excluding hydrogens is 318 g/mol. The lowest BCUT2D eigenvalue weighted by Crippen LogP contribution is -2.63. The molecule has 0 radical (unpaired) electrons. The standard InChI is InChI=1S/C19H23N3O3/c1-11-12(2)21-22-18(24)16(11)17(23)20-14-10-15(19(14,3)4)25-13-8-6-5-7-9-13/h5-9,14-15H,10H2,1-4H3,(H,20,23)(H,22,24)/t14-,15+/m0/s1. The van der Waals surface area contributed by atoms with E-state index in [-0.39, 0.29) is 29.0 Å². The smallest absolute Gasteiger partial charge is 0.277 e. The Hall–Kier alpha value is -2.63. The maximum Gasteiger partial charge on any atom is 0.277 e. The summed E-state index contributed by atoms with van der Waals surface area (Å²) in [4.78, 5) is 24.6. The predicted molar refractivity (Wildman–Crippen MR) is 94.8 cm³/mol. The molecule has 1 aromatic carbocycles. The van der Waals surface area contributed by atoms with Gasteiger partial charge in [-0.3, -0.25) is 9.59 Å². The molecule has 1 heterocycles. The number of aromatic nitrogens is 2. The number of H-pyrrole nitrogens is 1. The lowest BCUT2D eigenvalue weighted by Gasteiger charge is -2.51. The summed E-state index contributed by atoms with van der Waals surface area (Å²) >= 11 is 0. The third kappa shape index (κ3) is 3.16. The molecule has 1 fully saturated rings. The molecule has 6 nitrogen and oxygen atoms in total. The van der Waals surface area contributed by atoms with Crippen molar-refractivity contribution in [3.8, 4) is 5.75 Å². The van der Waals surface area contributed by atoms with Crippen molar-refractivity contribution < 1.29 is 9.53 Å². The van der Waals surface area contributed by atoms with E-state index in [2.05, 4.69) is 29.4 Å². The van der Waals surface area contributed by atoms with Gasteiger partial charge in [0.25, 0.3) is 11.5 Å². The Bertz CT molecular complexity index is 843. The van der Waals surface area contributed by atoms with Crippen LogP contribution in [0.25, 0.3) is 0 Å². The Labute approximate surface area is 146 Å². The van der Waals surface area contributed by atoms with E-state index in [1.54, 1.807) is 13.8 Å². The number of carbonyl (C=O) groups excluding carboxylic acids is 1. The van der Waals surface area contributed by atoms with Crippen molar-refractivity contribution >= 4 is 5.91 Å². The van der Waals surface area contributed by atoms with Crippen molar-refractivity contribution in [3.05, 3.63) is 57.5 Å². The predicted octanol–water partition coefficient (Wildman–Crippen LogP) is 2.36. The maximum atomic E-state index is 12.6. The van der Waals surface area contributed by atoms with Crippen LogP contribution in [0.4, 0.5) is 0 Å². The van der Waals surface area contributed by atoms with E-state index in [9.17, 15) is 9.59 Å². The Morgan fingerprint density at radius 1 is 1.28 bits per heavy atom. The number of para-hydroxylation sites is 1. The van der Waals surface area contributed by atoms with Gasteiger partial charge in [-0.05, 0) is 31.5 Å². The highest BCUT2D eigenvalue weighted by molar-refractivity contribution is 5.95. The average molecular weight is 341 g/mol. The van der Waals surface area contributed by atoms with E-state index in [1.165, 1.54) is 0 Å². The van der Waals surface area contributed by atoms with Gasteiger partial charge < -0.3 is 10.1 Å². The number of hydrogen-bond acceptors (Lipinski definition) is 4. The van der Waals surface area contributed by atoms with Crippen molar-refractivity contribution in [2.24, 2.45) is 5.41 Å². The molecule has 0 unspecified atom stereocenters. The van der Waals surface area contributed by atoms with E-state index in [0.29, 0.717) is 17.7 Å². The first kappa shape index (κ1) is 17.2. The lowest BCUT2D eigenvalue weighted by molar-refractivity contribution is -0.0515. The number of ether oxygens (including phenoxy) is 1. The van der Waals surface area contributed by atoms with Gasteiger partial charge in [-0.2, -0.15) is 5.10 Å². The molecule has 0 spiro atoms. The Kier molecular flexibility index (Phi) is 4.37. The van der Waals surface area contributed by atoms with Gasteiger partial charge in [0.2, 0.25) is 0 Å². The van der Waals surface area contributed by atoms with E-state index in [4.69, 9.17) is 4.74 Å². The van der Waals surface area contributed by atoms with E-state index in [0.717, 1.165) is 5.75 Å². The minimum absolute atomic E-state index is 0.0127. The fourth-order valence-corrected chi connectivity index (χ4v) is 3.12. The van der Waals surface area contributed by atoms with Gasteiger partial charge in [-0.15, -0.1) is 0 Å². The first-order valence-corrected chi connectivity index (χ1v) is 8.39. The summed E-state index contributed by atoms with van der Waals surface area (Å²) < 4.78 is 6.02. The molecule has 6 heteroatoms. The molecular formula is C19H23N3O3. The minimum Gasteiger partial charge on any atom is -0.490 e. The van der Waals surface area contributed by atoms with E-state index in [1.807, 2.05) is 30.3 Å². The van der Waals surface area contributed by atoms with Crippen molar-refractivity contribution in [2.75, 3.05) is 0 Å². The summed E-state index contributed by atoms with van der Waals surface area (Å²) in [6, 6.07) is 9.59. The van der Waals surface area contributed by atoms with E-state index >= 15 is 0 Å². The van der Waals surface area contributed by atoms with Crippen LogP contribution in [-0.2, 0) is 0 Å². The molecule has 1 saturated carbocycles. The van der Waals surface area contributed by atoms with Crippen LogP contribution in [0.1, 0.15) is 41.9 Å². The average Bonchev–Trinajstić information content (AvgIpc) is 2.58. The van der Waals surface area contributed by atoms with E-state index < -0.39 is 5.56 Å². The zero-order chi connectivity index (χ0) is 18.2. The van der Waals surface area contributed by atoms with Crippen LogP contribution in [0.5, 0.6) is 5.75 Å². The zero-order valence-electron chi connectivity index (χ0n) is 14.9. The molecule has 0 aliphatic heterocycles. The summed E-state index contributed by atoms with van der Waals surface area (Å²) in [7, 11) is 0. The maximum absolute atomic E-state index is 12.6. The van der Waals surface area contributed by atoms with Crippen LogP contribution >= 0.6 is 0 Å². The number of aromatic amines is 1. The number of carbonyl (C=O) groups is 1. The van der Waals surface area contributed by atoms with Gasteiger partial charge in [0.1, 0.15) is 17.4 Å². The summed E-state index contributed by atoms with van der Waals surface area (Å²) in [5, 5.41) is 9.24. The molecule has 2 atom stereocenters. The summed E-state index contributed by atoms with van der Waals surface area (Å²) in [5.74, 6) is 0.461. The third-order valence-corrected chi connectivity index (χ3v) is 5.20. The molecule has 0 bridgehead atoms. The molecule has 2 N–H and O–H groups in total. The molecule has 25 heavy (non-hydrogen) atoms. The molecule has 2 aromatic rings. The van der Waals surface area contributed by atoms with Crippen LogP contribution in [0.15, 0.2) is 35.1 Å². The van der Waals surface area contributed by atoms with Crippen molar-refractivity contribution in [2.45, 2.75) is 46.3 Å². The number of benzene rings is 1. The normalized spacial score (nSPS) is 21.3. The van der Waals surface area contributed by atoms with Gasteiger partial charge in [0, 0.05) is 17.9 Å². The van der Waals surface area contributed by atoms with Gasteiger partial charge in [0.05, 0.1) is 5.69 Å². The highest BCUT2D eigenvalue weighted by Crippen LogP contribution is 2.43. The van der Waals surface area contributed by atoms with Crippen LogP contribution in [0.2, 0.25) is 0 Å². The Balaban J connectivity index is 1.70. The van der Waals surface area contributed by atoms with Crippen LogP contribution in [0.3, 0.4) is 0 Å². The Morgan fingerprint density at radius 2 is 1.96 bits per heavy atom. The lowest BCUT2D eigenvalue weighted by atomic mass is 9.64.